The van der Waals surface area contributed by atoms with Gasteiger partial charge in [-0.1, -0.05) is 24.3 Å². The number of benzene rings is 1. The first-order chi connectivity index (χ1) is 14.8. The van der Waals surface area contributed by atoms with E-state index >= 15 is 0 Å². The number of guanidine groups is 1. The molecule has 0 aromatic heterocycles. The van der Waals surface area contributed by atoms with Gasteiger partial charge in [0.15, 0.2) is 5.96 Å². The Morgan fingerprint density at radius 2 is 1.87 bits per heavy atom. The molecule has 0 aliphatic carbocycles. The number of hydrogen-bond acceptors (Lipinski definition) is 5. The Morgan fingerprint density at radius 1 is 1.13 bits per heavy atom. The van der Waals surface area contributed by atoms with Crippen molar-refractivity contribution in [3.05, 3.63) is 35.4 Å². The molecule has 2 heterocycles. The summed E-state index contributed by atoms with van der Waals surface area (Å²) in [4.78, 5) is 9.30. The highest BCUT2D eigenvalue weighted by atomic mass is 127. The van der Waals surface area contributed by atoms with Gasteiger partial charge in [-0.3, -0.25) is 9.89 Å². The van der Waals surface area contributed by atoms with Crippen LogP contribution in [0.5, 0.6) is 0 Å². The number of likely N-dealkylation sites (tertiary alicyclic amines) is 1. The second kappa shape index (κ2) is 15.0. The molecular weight excluding hydrogens is 507 g/mol. The van der Waals surface area contributed by atoms with Crippen molar-refractivity contribution in [1.82, 2.24) is 15.1 Å². The minimum absolute atomic E-state index is 0. The molecule has 0 atom stereocenters. The van der Waals surface area contributed by atoms with E-state index in [1.165, 1.54) is 11.1 Å². The second-order valence-electron chi connectivity index (χ2n) is 8.01. The number of nitrogens with zero attached hydrogens (tertiary/aromatic N) is 3. The predicted octanol–water partition coefficient (Wildman–Crippen LogP) is 2.73. The van der Waals surface area contributed by atoms with Crippen molar-refractivity contribution < 1.29 is 14.2 Å². The molecule has 0 bridgehead atoms. The zero-order valence-electron chi connectivity index (χ0n) is 19.1. The maximum Gasteiger partial charge on any atom is 0.193 e. The monoisotopic (exact) mass is 546 g/mol. The Labute approximate surface area is 204 Å². The third-order valence-corrected chi connectivity index (χ3v) is 5.75. The van der Waals surface area contributed by atoms with Gasteiger partial charge in [0.05, 0.1) is 19.3 Å². The van der Waals surface area contributed by atoms with Gasteiger partial charge in [0.2, 0.25) is 0 Å². The van der Waals surface area contributed by atoms with E-state index in [4.69, 9.17) is 14.2 Å². The Balaban J connectivity index is 0.00000341. The number of ether oxygens (including phenoxy) is 3. The van der Waals surface area contributed by atoms with Gasteiger partial charge in [-0.15, -0.1) is 24.0 Å². The highest BCUT2D eigenvalue weighted by molar-refractivity contribution is 14.0. The Bertz CT molecular complexity index is 647. The lowest BCUT2D eigenvalue weighted by Gasteiger charge is -2.34. The molecular formula is C23H39IN4O3. The minimum Gasteiger partial charge on any atom is -0.385 e. The molecule has 3 rings (SSSR count). The van der Waals surface area contributed by atoms with Gasteiger partial charge in [-0.2, -0.15) is 0 Å². The molecule has 0 amide bonds. The number of aliphatic imine (C=N–C) groups is 1. The van der Waals surface area contributed by atoms with E-state index in [1.54, 1.807) is 7.11 Å². The number of piperidine rings is 1. The molecule has 7 nitrogen and oxygen atoms in total. The van der Waals surface area contributed by atoms with Crippen LogP contribution in [0.1, 0.15) is 30.4 Å². The first-order valence-electron chi connectivity index (χ1n) is 11.2. The second-order valence-corrected chi connectivity index (χ2v) is 8.01. The SMILES string of the molecule is CN=C(NCc1cccc(CN2CCOCC2)c1)N1CCC(OCCCOC)CC1.I. The van der Waals surface area contributed by atoms with Crippen molar-refractivity contribution in [2.24, 2.45) is 4.99 Å². The minimum atomic E-state index is 0. The van der Waals surface area contributed by atoms with Crippen LogP contribution in [0.3, 0.4) is 0 Å². The summed E-state index contributed by atoms with van der Waals surface area (Å²) in [6, 6.07) is 8.85. The van der Waals surface area contributed by atoms with Crippen LogP contribution in [0.25, 0.3) is 0 Å². The predicted molar refractivity (Wildman–Crippen MR) is 135 cm³/mol. The molecule has 0 radical (unpaired) electrons. The molecule has 31 heavy (non-hydrogen) atoms. The largest absolute Gasteiger partial charge is 0.385 e. The topological polar surface area (TPSA) is 58.6 Å². The number of hydrogen-bond donors (Lipinski definition) is 1. The molecule has 8 heteroatoms. The maximum absolute atomic E-state index is 5.97. The summed E-state index contributed by atoms with van der Waals surface area (Å²) in [6.45, 7) is 8.99. The number of morpholine rings is 1. The smallest absolute Gasteiger partial charge is 0.193 e. The summed E-state index contributed by atoms with van der Waals surface area (Å²) in [7, 11) is 3.60. The van der Waals surface area contributed by atoms with E-state index in [9.17, 15) is 0 Å². The van der Waals surface area contributed by atoms with Crippen LogP contribution in [-0.4, -0.2) is 88.6 Å². The zero-order chi connectivity index (χ0) is 21.0. The number of methoxy groups -OCH3 is 1. The lowest BCUT2D eigenvalue weighted by molar-refractivity contribution is 0.00989. The quantitative estimate of drug-likeness (QED) is 0.223. The van der Waals surface area contributed by atoms with Gasteiger partial charge < -0.3 is 24.4 Å². The molecule has 1 N–H and O–H groups in total. The van der Waals surface area contributed by atoms with E-state index in [1.807, 2.05) is 7.05 Å². The fraction of sp³-hybridized carbons (Fsp3) is 0.696. The van der Waals surface area contributed by atoms with Crippen LogP contribution in [0.4, 0.5) is 0 Å². The standard InChI is InChI=1S/C23H38N4O3.HI/c1-24-23(27-9-7-22(8-10-27)30-14-4-13-28-2)25-18-20-5-3-6-21(17-20)19-26-11-15-29-16-12-26;/h3,5-6,17,22H,4,7-16,18-19H2,1-2H3,(H,24,25);1H. The maximum atomic E-state index is 5.97. The third kappa shape index (κ3) is 9.21. The van der Waals surface area contributed by atoms with Crippen LogP contribution in [-0.2, 0) is 27.3 Å². The normalized spacial score (nSPS) is 18.6. The van der Waals surface area contributed by atoms with Gasteiger partial charge in [-0.05, 0) is 30.4 Å². The van der Waals surface area contributed by atoms with E-state index in [0.29, 0.717) is 6.10 Å². The van der Waals surface area contributed by atoms with E-state index in [0.717, 1.165) is 90.9 Å². The third-order valence-electron chi connectivity index (χ3n) is 5.75. The van der Waals surface area contributed by atoms with Crippen LogP contribution in [0.2, 0.25) is 0 Å². The molecule has 2 saturated heterocycles. The van der Waals surface area contributed by atoms with Crippen molar-refractivity contribution in [2.75, 3.05) is 66.8 Å². The van der Waals surface area contributed by atoms with Crippen molar-refractivity contribution in [3.63, 3.8) is 0 Å². The summed E-state index contributed by atoms with van der Waals surface area (Å²) in [5, 5.41) is 3.55. The van der Waals surface area contributed by atoms with E-state index < -0.39 is 0 Å². The average Bonchev–Trinajstić information content (AvgIpc) is 2.79. The van der Waals surface area contributed by atoms with Gasteiger partial charge in [0, 0.05) is 66.6 Å². The van der Waals surface area contributed by atoms with Crippen LogP contribution in [0.15, 0.2) is 29.3 Å². The first kappa shape index (κ1) is 26.3. The number of rotatable bonds is 9. The lowest BCUT2D eigenvalue weighted by Crippen LogP contribution is -2.46. The molecule has 2 aliphatic heterocycles. The van der Waals surface area contributed by atoms with E-state index in [-0.39, 0.29) is 24.0 Å². The molecule has 2 fully saturated rings. The molecule has 0 saturated carbocycles. The van der Waals surface area contributed by atoms with Crippen molar-refractivity contribution in [1.29, 1.82) is 0 Å². The van der Waals surface area contributed by atoms with Gasteiger partial charge in [-0.25, -0.2) is 0 Å². The first-order valence-corrected chi connectivity index (χ1v) is 11.2. The van der Waals surface area contributed by atoms with Gasteiger partial charge in [0.25, 0.3) is 0 Å². The number of nitrogens with one attached hydrogen (secondary N) is 1. The highest BCUT2D eigenvalue weighted by Crippen LogP contribution is 2.15. The fourth-order valence-corrected chi connectivity index (χ4v) is 4.06. The number of halogens is 1. The van der Waals surface area contributed by atoms with Gasteiger partial charge >= 0.3 is 0 Å². The molecule has 0 spiro atoms. The Hall–Kier alpha value is -0.940. The molecule has 1 aromatic rings. The van der Waals surface area contributed by atoms with Crippen LogP contribution >= 0.6 is 24.0 Å². The molecule has 1 aromatic carbocycles. The van der Waals surface area contributed by atoms with Crippen molar-refractivity contribution >= 4 is 29.9 Å². The zero-order valence-corrected chi connectivity index (χ0v) is 21.4. The summed E-state index contributed by atoms with van der Waals surface area (Å²) in [5.41, 5.74) is 2.65. The average molecular weight is 546 g/mol. The van der Waals surface area contributed by atoms with Crippen LogP contribution < -0.4 is 5.32 Å². The molecule has 176 valence electrons. The van der Waals surface area contributed by atoms with Crippen molar-refractivity contribution in [2.45, 2.75) is 38.5 Å². The van der Waals surface area contributed by atoms with E-state index in [2.05, 4.69) is 44.4 Å². The summed E-state index contributed by atoms with van der Waals surface area (Å²) >= 11 is 0. The summed E-state index contributed by atoms with van der Waals surface area (Å²) in [5.74, 6) is 0.978. The highest BCUT2D eigenvalue weighted by Gasteiger charge is 2.21. The Kier molecular flexibility index (Phi) is 12.7. The molecule has 2 aliphatic rings. The Morgan fingerprint density at radius 3 is 2.58 bits per heavy atom. The lowest BCUT2D eigenvalue weighted by atomic mass is 10.1. The van der Waals surface area contributed by atoms with Crippen LogP contribution in [0, 0.1) is 0 Å². The van der Waals surface area contributed by atoms with Gasteiger partial charge in [0.1, 0.15) is 0 Å². The summed E-state index contributed by atoms with van der Waals surface area (Å²) < 4.78 is 16.5. The van der Waals surface area contributed by atoms with Crippen molar-refractivity contribution in [3.8, 4) is 0 Å². The molecule has 0 unspecified atom stereocenters. The fourth-order valence-electron chi connectivity index (χ4n) is 4.06. The summed E-state index contributed by atoms with van der Waals surface area (Å²) in [6.07, 6.45) is 3.41.